The van der Waals surface area contributed by atoms with Gasteiger partial charge in [0.2, 0.25) is 0 Å². The highest BCUT2D eigenvalue weighted by molar-refractivity contribution is 7.92. The molecule has 182 valence electrons. The van der Waals surface area contributed by atoms with Crippen molar-refractivity contribution in [3.8, 4) is 5.75 Å². The van der Waals surface area contributed by atoms with Crippen molar-refractivity contribution in [1.82, 2.24) is 10.2 Å². The molecular formula is C23H31ClN2O5S2. The SMILES string of the molecule is CS(=O)(=O)CCCS(=O)(=O)c1ccc(OCC2CN(CCc3cccc(Cl)c3)CCN2)cc1. The monoisotopic (exact) mass is 514 g/mol. The molecule has 1 fully saturated rings. The molecule has 2 aromatic rings. The highest BCUT2D eigenvalue weighted by Gasteiger charge is 2.20. The van der Waals surface area contributed by atoms with Crippen molar-refractivity contribution in [3.05, 3.63) is 59.1 Å². The van der Waals surface area contributed by atoms with Gasteiger partial charge >= 0.3 is 0 Å². The summed E-state index contributed by atoms with van der Waals surface area (Å²) in [6.07, 6.45) is 2.13. The predicted octanol–water partition coefficient (Wildman–Crippen LogP) is 2.44. The van der Waals surface area contributed by atoms with Crippen LogP contribution in [-0.2, 0) is 26.1 Å². The number of benzene rings is 2. The molecule has 10 heteroatoms. The first-order valence-electron chi connectivity index (χ1n) is 10.9. The maximum Gasteiger partial charge on any atom is 0.178 e. The Balaban J connectivity index is 1.45. The second-order valence-electron chi connectivity index (χ2n) is 8.42. The van der Waals surface area contributed by atoms with Crippen LogP contribution in [0.5, 0.6) is 5.75 Å². The van der Waals surface area contributed by atoms with Gasteiger partial charge in [0.1, 0.15) is 22.2 Å². The zero-order valence-corrected chi connectivity index (χ0v) is 21.1. The Labute approximate surface area is 201 Å². The van der Waals surface area contributed by atoms with Gasteiger partial charge in [0.15, 0.2) is 9.84 Å². The molecule has 0 bridgehead atoms. The second kappa shape index (κ2) is 11.7. The van der Waals surface area contributed by atoms with Crippen molar-refractivity contribution in [2.24, 2.45) is 0 Å². The van der Waals surface area contributed by atoms with Crippen LogP contribution < -0.4 is 10.1 Å². The molecule has 33 heavy (non-hydrogen) atoms. The molecule has 0 saturated carbocycles. The van der Waals surface area contributed by atoms with Crippen LogP contribution in [0.1, 0.15) is 12.0 Å². The molecule has 0 spiro atoms. The van der Waals surface area contributed by atoms with Gasteiger partial charge in [0, 0.05) is 37.5 Å². The van der Waals surface area contributed by atoms with Gasteiger partial charge in [-0.25, -0.2) is 16.8 Å². The van der Waals surface area contributed by atoms with E-state index in [1.54, 1.807) is 12.1 Å². The molecule has 0 aromatic heterocycles. The third kappa shape index (κ3) is 8.90. The number of rotatable bonds is 11. The molecule has 2 aromatic carbocycles. The van der Waals surface area contributed by atoms with Crippen LogP contribution in [0.4, 0.5) is 0 Å². The average Bonchev–Trinajstić information content (AvgIpc) is 2.76. The molecule has 0 aliphatic carbocycles. The number of nitrogens with one attached hydrogen (secondary N) is 1. The van der Waals surface area contributed by atoms with Crippen LogP contribution in [0.3, 0.4) is 0 Å². The molecule has 1 heterocycles. The van der Waals surface area contributed by atoms with Crippen molar-refractivity contribution < 1.29 is 21.6 Å². The summed E-state index contributed by atoms with van der Waals surface area (Å²) in [5, 5.41) is 4.22. The van der Waals surface area contributed by atoms with Crippen LogP contribution in [0.15, 0.2) is 53.4 Å². The van der Waals surface area contributed by atoms with Crippen molar-refractivity contribution in [2.45, 2.75) is 23.8 Å². The Hall–Kier alpha value is -1.65. The van der Waals surface area contributed by atoms with Crippen LogP contribution >= 0.6 is 11.6 Å². The smallest absolute Gasteiger partial charge is 0.178 e. The summed E-state index contributed by atoms with van der Waals surface area (Å²) in [4.78, 5) is 2.57. The summed E-state index contributed by atoms with van der Waals surface area (Å²) in [7, 11) is -6.70. The minimum atomic E-state index is -3.52. The number of hydrogen-bond donors (Lipinski definition) is 1. The number of ether oxygens (including phenoxy) is 1. The average molecular weight is 515 g/mol. The fourth-order valence-electron chi connectivity index (χ4n) is 3.76. The number of nitrogens with zero attached hydrogens (tertiary/aromatic N) is 1. The predicted molar refractivity (Wildman–Crippen MR) is 132 cm³/mol. The lowest BCUT2D eigenvalue weighted by molar-refractivity contribution is 0.159. The first-order valence-corrected chi connectivity index (χ1v) is 15.0. The first kappa shape index (κ1) is 26.0. The topological polar surface area (TPSA) is 92.8 Å². The first-order chi connectivity index (χ1) is 15.6. The molecule has 0 radical (unpaired) electrons. The highest BCUT2D eigenvalue weighted by Crippen LogP contribution is 2.18. The van der Waals surface area contributed by atoms with Gasteiger partial charge in [0.25, 0.3) is 0 Å². The summed E-state index contributed by atoms with van der Waals surface area (Å²) in [5.41, 5.74) is 1.22. The minimum Gasteiger partial charge on any atom is -0.492 e. The zero-order valence-electron chi connectivity index (χ0n) is 18.7. The van der Waals surface area contributed by atoms with E-state index in [0.717, 1.165) is 43.9 Å². The van der Waals surface area contributed by atoms with E-state index in [0.29, 0.717) is 12.4 Å². The van der Waals surface area contributed by atoms with E-state index in [2.05, 4.69) is 16.3 Å². The van der Waals surface area contributed by atoms with E-state index in [9.17, 15) is 16.8 Å². The van der Waals surface area contributed by atoms with Crippen molar-refractivity contribution in [1.29, 1.82) is 0 Å². The molecule has 1 unspecified atom stereocenters. The largest absolute Gasteiger partial charge is 0.492 e. The van der Waals surface area contributed by atoms with E-state index in [-0.39, 0.29) is 28.9 Å². The number of sulfone groups is 2. The maximum absolute atomic E-state index is 12.4. The summed E-state index contributed by atoms with van der Waals surface area (Å²) in [6, 6.07) is 14.4. The highest BCUT2D eigenvalue weighted by atomic mass is 35.5. The number of halogens is 1. The normalized spacial score (nSPS) is 17.7. The quantitative estimate of drug-likeness (QED) is 0.492. The van der Waals surface area contributed by atoms with Crippen LogP contribution in [-0.4, -0.2) is 78.3 Å². The molecule has 1 saturated heterocycles. The van der Waals surface area contributed by atoms with Gasteiger partial charge in [-0.3, -0.25) is 0 Å². The van der Waals surface area contributed by atoms with Gasteiger partial charge in [0.05, 0.1) is 22.4 Å². The second-order valence-corrected chi connectivity index (χ2v) is 13.2. The zero-order chi connectivity index (χ0) is 23.9. The van der Waals surface area contributed by atoms with Crippen molar-refractivity contribution in [2.75, 3.05) is 50.5 Å². The summed E-state index contributed by atoms with van der Waals surface area (Å²) >= 11 is 6.07. The van der Waals surface area contributed by atoms with E-state index in [1.807, 2.05) is 18.2 Å². The van der Waals surface area contributed by atoms with Crippen LogP contribution in [0, 0.1) is 0 Å². The van der Waals surface area contributed by atoms with E-state index < -0.39 is 19.7 Å². The maximum atomic E-state index is 12.4. The Bertz CT molecular complexity index is 1120. The molecule has 7 nitrogen and oxygen atoms in total. The third-order valence-corrected chi connectivity index (χ3v) is 8.59. The summed E-state index contributed by atoms with van der Waals surface area (Å²) < 4.78 is 53.1. The molecule has 1 N–H and O–H groups in total. The number of piperazine rings is 1. The van der Waals surface area contributed by atoms with Gasteiger partial charge in [-0.1, -0.05) is 23.7 Å². The molecular weight excluding hydrogens is 484 g/mol. The Morgan fingerprint density at radius 1 is 1.09 bits per heavy atom. The lowest BCUT2D eigenvalue weighted by atomic mass is 10.1. The number of hydrogen-bond acceptors (Lipinski definition) is 7. The van der Waals surface area contributed by atoms with Crippen molar-refractivity contribution >= 4 is 31.3 Å². The fraction of sp³-hybridized carbons (Fsp3) is 0.478. The Morgan fingerprint density at radius 3 is 2.55 bits per heavy atom. The minimum absolute atomic E-state index is 0.0839. The Morgan fingerprint density at radius 2 is 1.85 bits per heavy atom. The lowest BCUT2D eigenvalue weighted by Crippen LogP contribution is -2.53. The summed E-state index contributed by atoms with van der Waals surface area (Å²) in [5.74, 6) is 0.262. The van der Waals surface area contributed by atoms with Gasteiger partial charge in [-0.15, -0.1) is 0 Å². The lowest BCUT2D eigenvalue weighted by Gasteiger charge is -2.33. The molecule has 0 amide bonds. The van der Waals surface area contributed by atoms with E-state index >= 15 is 0 Å². The van der Waals surface area contributed by atoms with Gasteiger partial charge in [-0.2, -0.15) is 0 Å². The standard InChI is InChI=1S/C23H31ClN2O5S2/c1-32(27,28)14-3-15-33(29,30)23-8-6-22(7-9-23)31-18-21-17-26(13-11-25-21)12-10-19-4-2-5-20(24)16-19/h2,4-9,16,21,25H,3,10-15,17-18H2,1H3. The van der Waals surface area contributed by atoms with Gasteiger partial charge in [-0.05, 0) is 54.8 Å². The third-order valence-electron chi connectivity index (χ3n) is 5.51. The van der Waals surface area contributed by atoms with Crippen LogP contribution in [0.25, 0.3) is 0 Å². The fourth-order valence-corrected chi connectivity index (χ4v) is 6.13. The van der Waals surface area contributed by atoms with Gasteiger partial charge < -0.3 is 15.0 Å². The summed E-state index contributed by atoms with van der Waals surface area (Å²) in [6.45, 7) is 4.16. The molecule has 1 aliphatic rings. The van der Waals surface area contributed by atoms with Crippen LogP contribution in [0.2, 0.25) is 5.02 Å². The molecule has 1 atom stereocenters. The molecule has 1 aliphatic heterocycles. The van der Waals surface area contributed by atoms with Crippen molar-refractivity contribution in [3.63, 3.8) is 0 Å². The molecule has 3 rings (SSSR count). The Kier molecular flexibility index (Phi) is 9.17. The van der Waals surface area contributed by atoms with E-state index in [1.165, 1.54) is 17.7 Å². The van der Waals surface area contributed by atoms with E-state index in [4.69, 9.17) is 16.3 Å².